The third kappa shape index (κ3) is 2.75. The molecule has 106 valence electrons. The van der Waals surface area contributed by atoms with Gasteiger partial charge in [-0.1, -0.05) is 42.8 Å². The molecular weight excluding hydrogens is 282 g/mol. The number of benzene rings is 1. The molecule has 0 saturated carbocycles. The summed E-state index contributed by atoms with van der Waals surface area (Å²) < 4.78 is 0. The molecule has 1 atom stereocenters. The zero-order valence-electron chi connectivity index (χ0n) is 11.8. The van der Waals surface area contributed by atoms with E-state index >= 15 is 0 Å². The van der Waals surface area contributed by atoms with Gasteiger partial charge in [0.05, 0.1) is 16.6 Å². The lowest BCUT2D eigenvalue weighted by Gasteiger charge is -2.21. The number of rotatable bonds is 4. The SMILES string of the molecule is CCNC(c1ccncc1Cl)c1cccc2cccnc12. The molecule has 0 saturated heterocycles. The number of nitrogens with zero attached hydrogens (tertiary/aromatic N) is 2. The van der Waals surface area contributed by atoms with Crippen molar-refractivity contribution in [3.05, 3.63) is 71.1 Å². The van der Waals surface area contributed by atoms with Crippen LogP contribution in [0.5, 0.6) is 0 Å². The van der Waals surface area contributed by atoms with E-state index in [1.807, 2.05) is 18.3 Å². The summed E-state index contributed by atoms with van der Waals surface area (Å²) in [5.41, 5.74) is 3.15. The van der Waals surface area contributed by atoms with Gasteiger partial charge in [-0.05, 0) is 29.8 Å². The van der Waals surface area contributed by atoms with E-state index in [1.165, 1.54) is 0 Å². The molecule has 4 heteroatoms. The van der Waals surface area contributed by atoms with Crippen LogP contribution in [-0.2, 0) is 0 Å². The summed E-state index contributed by atoms with van der Waals surface area (Å²) in [6, 6.07) is 12.2. The fraction of sp³-hybridized carbons (Fsp3) is 0.176. The van der Waals surface area contributed by atoms with Crippen molar-refractivity contribution in [2.75, 3.05) is 6.54 Å². The highest BCUT2D eigenvalue weighted by Crippen LogP contribution is 2.31. The van der Waals surface area contributed by atoms with Gasteiger partial charge in [0.2, 0.25) is 0 Å². The molecule has 0 spiro atoms. The summed E-state index contributed by atoms with van der Waals surface area (Å²) in [7, 11) is 0. The summed E-state index contributed by atoms with van der Waals surface area (Å²) >= 11 is 6.33. The minimum absolute atomic E-state index is 0.00380. The molecule has 0 aliphatic rings. The first-order valence-corrected chi connectivity index (χ1v) is 7.35. The van der Waals surface area contributed by atoms with Crippen LogP contribution in [0.15, 0.2) is 55.0 Å². The number of fused-ring (bicyclic) bond motifs is 1. The molecule has 3 nitrogen and oxygen atoms in total. The Morgan fingerprint density at radius 2 is 1.95 bits per heavy atom. The predicted molar refractivity (Wildman–Crippen MR) is 86.5 cm³/mol. The van der Waals surface area contributed by atoms with Gasteiger partial charge in [-0.2, -0.15) is 0 Å². The lowest BCUT2D eigenvalue weighted by atomic mass is 9.97. The van der Waals surface area contributed by atoms with Gasteiger partial charge in [-0.15, -0.1) is 0 Å². The fourth-order valence-corrected chi connectivity index (χ4v) is 2.80. The molecule has 2 aromatic heterocycles. The number of pyridine rings is 2. The van der Waals surface area contributed by atoms with Crippen LogP contribution in [0.2, 0.25) is 5.02 Å². The average Bonchev–Trinajstić information content (AvgIpc) is 2.53. The molecule has 0 radical (unpaired) electrons. The third-order valence-electron chi connectivity index (χ3n) is 3.50. The smallest absolute Gasteiger partial charge is 0.0753 e. The standard InChI is InChI=1S/C17H16ClN3/c1-2-20-17(13-8-10-19-11-15(13)18)14-7-3-5-12-6-4-9-21-16(12)14/h3-11,17,20H,2H2,1H3. The molecule has 3 rings (SSSR count). The van der Waals surface area contributed by atoms with Gasteiger partial charge >= 0.3 is 0 Å². The molecule has 0 aliphatic heterocycles. The Morgan fingerprint density at radius 3 is 2.76 bits per heavy atom. The maximum Gasteiger partial charge on any atom is 0.0753 e. The minimum atomic E-state index is 0.00380. The van der Waals surface area contributed by atoms with E-state index in [2.05, 4.69) is 46.5 Å². The molecule has 2 heterocycles. The molecule has 0 amide bonds. The first-order valence-electron chi connectivity index (χ1n) is 6.97. The molecule has 1 N–H and O–H groups in total. The molecule has 0 fully saturated rings. The first-order chi connectivity index (χ1) is 10.3. The molecule has 0 aliphatic carbocycles. The number of para-hydroxylation sites is 1. The molecule has 21 heavy (non-hydrogen) atoms. The third-order valence-corrected chi connectivity index (χ3v) is 3.81. The van der Waals surface area contributed by atoms with Gasteiger partial charge in [0.1, 0.15) is 0 Å². The molecule has 1 unspecified atom stereocenters. The van der Waals surface area contributed by atoms with Gasteiger partial charge in [0.15, 0.2) is 0 Å². The highest BCUT2D eigenvalue weighted by Gasteiger charge is 2.18. The van der Waals surface area contributed by atoms with Crippen LogP contribution in [0.25, 0.3) is 10.9 Å². The number of hydrogen-bond donors (Lipinski definition) is 1. The molecule has 3 aromatic rings. The second kappa shape index (κ2) is 6.20. The predicted octanol–water partition coefficient (Wildman–Crippen LogP) is 3.98. The lowest BCUT2D eigenvalue weighted by Crippen LogP contribution is -2.22. The topological polar surface area (TPSA) is 37.8 Å². The second-order valence-electron chi connectivity index (χ2n) is 4.81. The van der Waals surface area contributed by atoms with Crippen molar-refractivity contribution in [3.63, 3.8) is 0 Å². The van der Waals surface area contributed by atoms with E-state index in [0.717, 1.165) is 28.6 Å². The lowest BCUT2D eigenvalue weighted by molar-refractivity contribution is 0.633. The first kappa shape index (κ1) is 14.0. The van der Waals surface area contributed by atoms with Gasteiger partial charge in [0, 0.05) is 24.0 Å². The van der Waals surface area contributed by atoms with Crippen LogP contribution < -0.4 is 5.32 Å². The van der Waals surface area contributed by atoms with Crippen LogP contribution in [0.1, 0.15) is 24.1 Å². The maximum atomic E-state index is 6.33. The zero-order valence-corrected chi connectivity index (χ0v) is 12.5. The van der Waals surface area contributed by atoms with Crippen LogP contribution >= 0.6 is 11.6 Å². The Balaban J connectivity index is 2.19. The number of aromatic nitrogens is 2. The Labute approximate surface area is 129 Å². The van der Waals surface area contributed by atoms with E-state index in [-0.39, 0.29) is 6.04 Å². The van der Waals surface area contributed by atoms with Gasteiger partial charge in [-0.25, -0.2) is 0 Å². The highest BCUT2D eigenvalue weighted by atomic mass is 35.5. The van der Waals surface area contributed by atoms with Crippen LogP contribution in [-0.4, -0.2) is 16.5 Å². The van der Waals surface area contributed by atoms with Crippen LogP contribution in [0, 0.1) is 0 Å². The van der Waals surface area contributed by atoms with E-state index in [9.17, 15) is 0 Å². The van der Waals surface area contributed by atoms with Crippen molar-refractivity contribution in [1.29, 1.82) is 0 Å². The Kier molecular flexibility index (Phi) is 4.13. The Morgan fingerprint density at radius 1 is 1.10 bits per heavy atom. The largest absolute Gasteiger partial charge is 0.306 e. The van der Waals surface area contributed by atoms with E-state index < -0.39 is 0 Å². The van der Waals surface area contributed by atoms with Crippen molar-refractivity contribution in [3.8, 4) is 0 Å². The van der Waals surface area contributed by atoms with E-state index in [1.54, 1.807) is 12.4 Å². The molecule has 1 aromatic carbocycles. The van der Waals surface area contributed by atoms with Crippen LogP contribution in [0.4, 0.5) is 0 Å². The minimum Gasteiger partial charge on any atom is -0.306 e. The fourth-order valence-electron chi connectivity index (χ4n) is 2.57. The molecule has 0 bridgehead atoms. The molecular formula is C17H16ClN3. The van der Waals surface area contributed by atoms with Crippen LogP contribution in [0.3, 0.4) is 0 Å². The number of halogens is 1. The Bertz CT molecular complexity index is 752. The second-order valence-corrected chi connectivity index (χ2v) is 5.22. The Hall–Kier alpha value is -1.97. The summed E-state index contributed by atoms with van der Waals surface area (Å²) in [6.45, 7) is 2.92. The zero-order chi connectivity index (χ0) is 14.7. The normalized spacial score (nSPS) is 12.5. The maximum absolute atomic E-state index is 6.33. The quantitative estimate of drug-likeness (QED) is 0.791. The average molecular weight is 298 g/mol. The van der Waals surface area contributed by atoms with Gasteiger partial charge in [-0.3, -0.25) is 9.97 Å². The van der Waals surface area contributed by atoms with E-state index in [0.29, 0.717) is 5.02 Å². The summed E-state index contributed by atoms with van der Waals surface area (Å²) in [5, 5.41) is 5.29. The monoisotopic (exact) mass is 297 g/mol. The summed E-state index contributed by atoms with van der Waals surface area (Å²) in [5.74, 6) is 0. The summed E-state index contributed by atoms with van der Waals surface area (Å²) in [6.07, 6.45) is 5.27. The van der Waals surface area contributed by atoms with Gasteiger partial charge in [0.25, 0.3) is 0 Å². The summed E-state index contributed by atoms with van der Waals surface area (Å²) in [4.78, 5) is 8.61. The van der Waals surface area contributed by atoms with Crippen molar-refractivity contribution in [2.45, 2.75) is 13.0 Å². The number of hydrogen-bond acceptors (Lipinski definition) is 3. The van der Waals surface area contributed by atoms with Crippen molar-refractivity contribution in [2.24, 2.45) is 0 Å². The number of nitrogens with one attached hydrogen (secondary N) is 1. The van der Waals surface area contributed by atoms with Crippen molar-refractivity contribution < 1.29 is 0 Å². The van der Waals surface area contributed by atoms with Crippen molar-refractivity contribution >= 4 is 22.5 Å². The van der Waals surface area contributed by atoms with Crippen molar-refractivity contribution in [1.82, 2.24) is 15.3 Å². The highest BCUT2D eigenvalue weighted by molar-refractivity contribution is 6.31. The van der Waals surface area contributed by atoms with E-state index in [4.69, 9.17) is 11.6 Å². The van der Waals surface area contributed by atoms with Gasteiger partial charge < -0.3 is 5.32 Å².